The van der Waals surface area contributed by atoms with Crippen molar-refractivity contribution in [2.75, 3.05) is 19.5 Å². The van der Waals surface area contributed by atoms with E-state index in [1.54, 1.807) is 26.0 Å². The van der Waals surface area contributed by atoms with Crippen molar-refractivity contribution in [2.24, 2.45) is 0 Å². The summed E-state index contributed by atoms with van der Waals surface area (Å²) in [6.07, 6.45) is 0. The Bertz CT molecular complexity index is 945. The molecule has 0 spiro atoms. The van der Waals surface area contributed by atoms with Gasteiger partial charge in [-0.3, -0.25) is 4.79 Å². The van der Waals surface area contributed by atoms with Gasteiger partial charge in [0.25, 0.3) is 5.91 Å². The third kappa shape index (κ3) is 4.95. The average molecular weight is 396 g/mol. The lowest BCUT2D eigenvalue weighted by molar-refractivity contribution is 0.102. The maximum atomic E-state index is 14.2. The van der Waals surface area contributed by atoms with E-state index in [9.17, 15) is 17.6 Å². The molecule has 0 aliphatic rings. The zero-order valence-corrected chi connectivity index (χ0v) is 16.2. The third-order valence-electron chi connectivity index (χ3n) is 3.54. The molecule has 2 N–H and O–H groups in total. The molecule has 0 aliphatic carbocycles. The van der Waals surface area contributed by atoms with E-state index in [1.165, 1.54) is 20.3 Å². The Kier molecular flexibility index (Phi) is 6.40. The lowest BCUT2D eigenvalue weighted by atomic mass is 10.2. The van der Waals surface area contributed by atoms with Gasteiger partial charge in [-0.25, -0.2) is 17.5 Å². The van der Waals surface area contributed by atoms with Crippen LogP contribution in [-0.2, 0) is 10.0 Å². The molecule has 2 rings (SSSR count). The largest absolute Gasteiger partial charge is 0.497 e. The van der Waals surface area contributed by atoms with E-state index in [2.05, 4.69) is 10.0 Å². The van der Waals surface area contributed by atoms with Gasteiger partial charge in [0.2, 0.25) is 10.0 Å². The lowest BCUT2D eigenvalue weighted by Gasteiger charge is -2.13. The van der Waals surface area contributed by atoms with Crippen molar-refractivity contribution >= 4 is 21.6 Å². The predicted molar refractivity (Wildman–Crippen MR) is 99.4 cm³/mol. The van der Waals surface area contributed by atoms with Crippen LogP contribution in [0.25, 0.3) is 0 Å². The first-order valence-corrected chi connectivity index (χ1v) is 9.51. The van der Waals surface area contributed by atoms with Crippen LogP contribution in [0.2, 0.25) is 0 Å². The van der Waals surface area contributed by atoms with Gasteiger partial charge in [0.15, 0.2) is 0 Å². The van der Waals surface area contributed by atoms with Gasteiger partial charge in [-0.1, -0.05) is 0 Å². The third-order valence-corrected chi connectivity index (χ3v) is 5.19. The molecule has 2 aromatic rings. The number of amides is 1. The Morgan fingerprint density at radius 2 is 1.78 bits per heavy atom. The molecule has 1 amide bonds. The van der Waals surface area contributed by atoms with Crippen molar-refractivity contribution < 1.29 is 27.1 Å². The summed E-state index contributed by atoms with van der Waals surface area (Å²) in [6.45, 7) is 3.31. The number of hydrogen-bond acceptors (Lipinski definition) is 5. The minimum absolute atomic E-state index is 0.208. The molecular formula is C18H21FN2O5S. The van der Waals surface area contributed by atoms with Crippen LogP contribution < -0.4 is 19.5 Å². The van der Waals surface area contributed by atoms with Crippen molar-refractivity contribution in [3.05, 3.63) is 47.8 Å². The molecule has 0 heterocycles. The Hall–Kier alpha value is -2.65. The average Bonchev–Trinajstić information content (AvgIpc) is 2.60. The molecule has 146 valence electrons. The number of carbonyl (C=O) groups excluding carboxylic acids is 1. The van der Waals surface area contributed by atoms with E-state index < -0.39 is 27.3 Å². The molecule has 0 fully saturated rings. The Labute approximate surface area is 157 Å². The molecule has 27 heavy (non-hydrogen) atoms. The van der Waals surface area contributed by atoms with E-state index >= 15 is 0 Å². The second kappa shape index (κ2) is 8.36. The van der Waals surface area contributed by atoms with E-state index in [0.29, 0.717) is 11.5 Å². The quantitative estimate of drug-likeness (QED) is 0.751. The first kappa shape index (κ1) is 20.7. The van der Waals surface area contributed by atoms with Crippen LogP contribution in [0.3, 0.4) is 0 Å². The van der Waals surface area contributed by atoms with Crippen LogP contribution in [-0.4, -0.2) is 34.6 Å². The summed E-state index contributed by atoms with van der Waals surface area (Å²) >= 11 is 0. The summed E-state index contributed by atoms with van der Waals surface area (Å²) in [7, 11) is -0.989. The summed E-state index contributed by atoms with van der Waals surface area (Å²) in [5.74, 6) is -0.864. The lowest BCUT2D eigenvalue weighted by Crippen LogP contribution is -2.30. The molecule has 0 aromatic heterocycles. The first-order valence-electron chi connectivity index (χ1n) is 8.03. The van der Waals surface area contributed by atoms with Gasteiger partial charge in [0.05, 0.1) is 30.4 Å². The summed E-state index contributed by atoms with van der Waals surface area (Å²) < 4.78 is 51.4. The maximum absolute atomic E-state index is 14.2. The predicted octanol–water partition coefficient (Wildman–Crippen LogP) is 2.78. The number of rotatable bonds is 7. The highest BCUT2D eigenvalue weighted by Crippen LogP contribution is 2.29. The summed E-state index contributed by atoms with van der Waals surface area (Å²) in [4.78, 5) is 12.3. The van der Waals surface area contributed by atoms with Crippen LogP contribution in [0.1, 0.15) is 24.2 Å². The van der Waals surface area contributed by atoms with Crippen LogP contribution in [0.4, 0.5) is 10.1 Å². The molecule has 0 atom stereocenters. The number of sulfonamides is 1. The van der Waals surface area contributed by atoms with Crippen molar-refractivity contribution in [3.8, 4) is 11.5 Å². The van der Waals surface area contributed by atoms with E-state index in [-0.39, 0.29) is 16.6 Å². The molecule has 7 nitrogen and oxygen atoms in total. The number of methoxy groups -OCH3 is 2. The van der Waals surface area contributed by atoms with Crippen molar-refractivity contribution in [3.63, 3.8) is 0 Å². The summed E-state index contributed by atoms with van der Waals surface area (Å²) in [6, 6.07) is 7.41. The minimum Gasteiger partial charge on any atom is -0.497 e. The van der Waals surface area contributed by atoms with Gasteiger partial charge in [0.1, 0.15) is 17.3 Å². The molecule has 0 aliphatic heterocycles. The molecule has 0 bridgehead atoms. The maximum Gasteiger partial charge on any atom is 0.258 e. The number of hydrogen-bond donors (Lipinski definition) is 2. The number of anilines is 1. The zero-order chi connectivity index (χ0) is 20.2. The highest BCUT2D eigenvalue weighted by Gasteiger charge is 2.21. The van der Waals surface area contributed by atoms with E-state index in [0.717, 1.165) is 18.2 Å². The number of ether oxygens (including phenoxy) is 2. The molecule has 0 saturated heterocycles. The number of carbonyl (C=O) groups is 1. The van der Waals surface area contributed by atoms with Crippen molar-refractivity contribution in [1.82, 2.24) is 4.72 Å². The number of halogens is 1. The second-order valence-electron chi connectivity index (χ2n) is 5.94. The fourth-order valence-corrected chi connectivity index (χ4v) is 3.60. The van der Waals surface area contributed by atoms with Crippen molar-refractivity contribution in [2.45, 2.75) is 24.8 Å². The fourth-order valence-electron chi connectivity index (χ4n) is 2.33. The summed E-state index contributed by atoms with van der Waals surface area (Å²) in [5.41, 5.74) is -0.152. The number of nitrogens with one attached hydrogen (secondary N) is 2. The standard InChI is InChI=1S/C18H21FN2O5S/c1-11(2)21-27(23,24)13-6-7-15(19)14(10-13)18(22)20-16-9-12(25-3)5-8-17(16)26-4/h5-11,21H,1-4H3,(H,20,22). The molecular weight excluding hydrogens is 375 g/mol. The van der Waals surface area contributed by atoms with Gasteiger partial charge >= 0.3 is 0 Å². The molecule has 0 radical (unpaired) electrons. The van der Waals surface area contributed by atoms with Crippen LogP contribution in [0.15, 0.2) is 41.3 Å². The molecule has 9 heteroatoms. The second-order valence-corrected chi connectivity index (χ2v) is 7.65. The first-order chi connectivity index (χ1) is 12.7. The van der Waals surface area contributed by atoms with Crippen molar-refractivity contribution in [1.29, 1.82) is 0 Å². The van der Waals surface area contributed by atoms with Gasteiger partial charge in [0, 0.05) is 12.1 Å². The monoisotopic (exact) mass is 396 g/mol. The van der Waals surface area contributed by atoms with Gasteiger partial charge in [-0.15, -0.1) is 0 Å². The smallest absolute Gasteiger partial charge is 0.258 e. The Morgan fingerprint density at radius 3 is 2.37 bits per heavy atom. The Morgan fingerprint density at radius 1 is 1.07 bits per heavy atom. The number of benzene rings is 2. The van der Waals surface area contributed by atoms with Crippen LogP contribution >= 0.6 is 0 Å². The van der Waals surface area contributed by atoms with E-state index in [1.807, 2.05) is 0 Å². The fraction of sp³-hybridized carbons (Fsp3) is 0.278. The van der Waals surface area contributed by atoms with Gasteiger partial charge in [-0.05, 0) is 44.2 Å². The van der Waals surface area contributed by atoms with Gasteiger partial charge < -0.3 is 14.8 Å². The Balaban J connectivity index is 2.38. The summed E-state index contributed by atoms with van der Waals surface area (Å²) in [5, 5.41) is 2.51. The zero-order valence-electron chi connectivity index (χ0n) is 15.4. The van der Waals surface area contributed by atoms with Crippen LogP contribution in [0.5, 0.6) is 11.5 Å². The highest BCUT2D eigenvalue weighted by atomic mass is 32.2. The molecule has 2 aromatic carbocycles. The van der Waals surface area contributed by atoms with Crippen LogP contribution in [0, 0.1) is 5.82 Å². The van der Waals surface area contributed by atoms with E-state index in [4.69, 9.17) is 9.47 Å². The molecule has 0 saturated carbocycles. The normalized spacial score (nSPS) is 11.3. The molecule has 0 unspecified atom stereocenters. The van der Waals surface area contributed by atoms with Gasteiger partial charge in [-0.2, -0.15) is 0 Å². The SMILES string of the molecule is COc1ccc(OC)c(NC(=O)c2cc(S(=O)(=O)NC(C)C)ccc2F)c1. The minimum atomic E-state index is -3.87. The highest BCUT2D eigenvalue weighted by molar-refractivity contribution is 7.89. The topological polar surface area (TPSA) is 93.7 Å².